The zero-order valence-electron chi connectivity index (χ0n) is 15.7. The number of nitrogens with one attached hydrogen (secondary N) is 1. The average Bonchev–Trinajstić information content (AvgIpc) is 2.82. The summed E-state index contributed by atoms with van der Waals surface area (Å²) in [6.07, 6.45) is 8.05. The highest BCUT2D eigenvalue weighted by molar-refractivity contribution is 5.76. The van der Waals surface area contributed by atoms with Crippen LogP contribution in [-0.2, 0) is 17.8 Å². The number of aryl methyl sites for hydroxylation is 2. The summed E-state index contributed by atoms with van der Waals surface area (Å²) in [5, 5.41) is 7.16. The third-order valence-corrected chi connectivity index (χ3v) is 5.10. The van der Waals surface area contributed by atoms with Crippen molar-refractivity contribution in [1.29, 1.82) is 0 Å². The van der Waals surface area contributed by atoms with Crippen molar-refractivity contribution < 1.29 is 9.32 Å². The van der Waals surface area contributed by atoms with E-state index in [1.807, 2.05) is 26.1 Å². The number of hydrogen-bond acceptors (Lipinski definition) is 5. The van der Waals surface area contributed by atoms with E-state index >= 15 is 0 Å². The minimum absolute atomic E-state index is 0.121. The lowest BCUT2D eigenvalue weighted by atomic mass is 10.1. The first-order valence-electron chi connectivity index (χ1n) is 9.44. The lowest BCUT2D eigenvalue weighted by Crippen LogP contribution is -2.35. The highest BCUT2D eigenvalue weighted by atomic mass is 16.5. The van der Waals surface area contributed by atoms with Gasteiger partial charge in [-0.2, -0.15) is 0 Å². The van der Waals surface area contributed by atoms with Crippen molar-refractivity contribution in [3.05, 3.63) is 47.1 Å². The molecule has 1 aliphatic rings. The van der Waals surface area contributed by atoms with Crippen LogP contribution in [-0.4, -0.2) is 40.1 Å². The van der Waals surface area contributed by atoms with Gasteiger partial charge in [-0.05, 0) is 57.7 Å². The average molecular weight is 356 g/mol. The number of rotatable bonds is 6. The molecule has 1 aliphatic heterocycles. The molecule has 1 amide bonds. The van der Waals surface area contributed by atoms with Crippen LogP contribution < -0.4 is 5.32 Å². The molecule has 0 radical (unpaired) electrons. The molecule has 0 bridgehead atoms. The van der Waals surface area contributed by atoms with Gasteiger partial charge in [-0.15, -0.1) is 0 Å². The predicted molar refractivity (Wildman–Crippen MR) is 99.6 cm³/mol. The molecule has 1 unspecified atom stereocenters. The fourth-order valence-electron chi connectivity index (χ4n) is 3.61. The van der Waals surface area contributed by atoms with Gasteiger partial charge < -0.3 is 9.84 Å². The number of aromatic nitrogens is 2. The van der Waals surface area contributed by atoms with Gasteiger partial charge in [0.05, 0.1) is 5.69 Å². The summed E-state index contributed by atoms with van der Waals surface area (Å²) in [7, 11) is 0. The highest BCUT2D eigenvalue weighted by Crippen LogP contribution is 2.16. The van der Waals surface area contributed by atoms with E-state index in [4.69, 9.17) is 4.52 Å². The standard InChI is InChI=1S/C20H28N4O2/c1-15-19(16(2)26-23-15)7-8-20(25)22-18-6-4-11-24(12-9-18)14-17-5-3-10-21-13-17/h3,5,10,13,18H,4,6-9,11-12,14H2,1-2H3,(H,22,25). The number of nitrogens with zero attached hydrogens (tertiary/aromatic N) is 3. The van der Waals surface area contributed by atoms with Crippen molar-refractivity contribution in [3.8, 4) is 0 Å². The molecular formula is C20H28N4O2. The van der Waals surface area contributed by atoms with Crippen LogP contribution in [0.3, 0.4) is 0 Å². The summed E-state index contributed by atoms with van der Waals surface area (Å²) in [5.74, 6) is 0.937. The van der Waals surface area contributed by atoms with Crippen LogP contribution in [0.4, 0.5) is 0 Å². The van der Waals surface area contributed by atoms with E-state index in [1.54, 1.807) is 6.20 Å². The zero-order valence-corrected chi connectivity index (χ0v) is 15.7. The Hall–Kier alpha value is -2.21. The number of likely N-dealkylation sites (tertiary alicyclic amines) is 1. The molecule has 3 heterocycles. The van der Waals surface area contributed by atoms with E-state index in [0.29, 0.717) is 12.8 Å². The molecule has 1 atom stereocenters. The smallest absolute Gasteiger partial charge is 0.220 e. The fourth-order valence-corrected chi connectivity index (χ4v) is 3.61. The van der Waals surface area contributed by atoms with Crippen LogP contribution in [0, 0.1) is 13.8 Å². The molecule has 140 valence electrons. The fraction of sp³-hybridized carbons (Fsp3) is 0.550. The molecule has 6 nitrogen and oxygen atoms in total. The van der Waals surface area contributed by atoms with Crippen molar-refractivity contribution in [2.75, 3.05) is 13.1 Å². The van der Waals surface area contributed by atoms with E-state index < -0.39 is 0 Å². The summed E-state index contributed by atoms with van der Waals surface area (Å²) in [5.41, 5.74) is 3.19. The van der Waals surface area contributed by atoms with Crippen LogP contribution >= 0.6 is 0 Å². The Bertz CT molecular complexity index is 694. The van der Waals surface area contributed by atoms with Gasteiger partial charge in [-0.1, -0.05) is 11.2 Å². The Balaban J connectivity index is 1.43. The van der Waals surface area contributed by atoms with Crippen molar-refractivity contribution in [2.24, 2.45) is 0 Å². The second kappa shape index (κ2) is 8.94. The molecule has 0 spiro atoms. The molecule has 2 aromatic rings. The minimum Gasteiger partial charge on any atom is -0.361 e. The van der Waals surface area contributed by atoms with Gasteiger partial charge in [-0.3, -0.25) is 14.7 Å². The van der Waals surface area contributed by atoms with Crippen molar-refractivity contribution >= 4 is 5.91 Å². The third-order valence-electron chi connectivity index (χ3n) is 5.10. The summed E-state index contributed by atoms with van der Waals surface area (Å²) in [6.45, 7) is 6.83. The Kier molecular flexibility index (Phi) is 6.39. The SMILES string of the molecule is Cc1noc(C)c1CCC(=O)NC1CCCN(Cc2cccnc2)CC1. The molecule has 1 saturated heterocycles. The third kappa shape index (κ3) is 5.14. The van der Waals surface area contributed by atoms with Crippen molar-refractivity contribution in [1.82, 2.24) is 20.4 Å². The Labute approximate surface area is 155 Å². The number of amides is 1. The monoisotopic (exact) mass is 356 g/mol. The maximum atomic E-state index is 12.3. The zero-order chi connectivity index (χ0) is 18.4. The summed E-state index contributed by atoms with van der Waals surface area (Å²) >= 11 is 0. The Morgan fingerprint density at radius 3 is 2.96 bits per heavy atom. The first-order valence-corrected chi connectivity index (χ1v) is 9.44. The molecule has 1 fully saturated rings. The van der Waals surface area contributed by atoms with Gasteiger partial charge in [0.2, 0.25) is 5.91 Å². The molecule has 2 aromatic heterocycles. The summed E-state index contributed by atoms with van der Waals surface area (Å²) in [6, 6.07) is 4.37. The maximum Gasteiger partial charge on any atom is 0.220 e. The number of hydrogen-bond donors (Lipinski definition) is 1. The lowest BCUT2D eigenvalue weighted by Gasteiger charge is -2.20. The molecule has 3 rings (SSSR count). The van der Waals surface area contributed by atoms with E-state index in [9.17, 15) is 4.79 Å². The Morgan fingerprint density at radius 1 is 1.35 bits per heavy atom. The normalized spacial score (nSPS) is 18.5. The topological polar surface area (TPSA) is 71.3 Å². The second-order valence-corrected chi connectivity index (χ2v) is 7.14. The molecular weight excluding hydrogens is 328 g/mol. The van der Waals surface area contributed by atoms with Crippen LogP contribution in [0.25, 0.3) is 0 Å². The summed E-state index contributed by atoms with van der Waals surface area (Å²) in [4.78, 5) is 19.0. The molecule has 0 aliphatic carbocycles. The first-order chi connectivity index (χ1) is 12.6. The van der Waals surface area contributed by atoms with Crippen molar-refractivity contribution in [2.45, 2.75) is 58.5 Å². The van der Waals surface area contributed by atoms with Crippen molar-refractivity contribution in [3.63, 3.8) is 0 Å². The van der Waals surface area contributed by atoms with E-state index in [2.05, 4.69) is 26.4 Å². The molecule has 26 heavy (non-hydrogen) atoms. The van der Waals surface area contributed by atoms with E-state index in [-0.39, 0.29) is 11.9 Å². The van der Waals surface area contributed by atoms with Crippen LogP contribution in [0.2, 0.25) is 0 Å². The largest absolute Gasteiger partial charge is 0.361 e. The number of carbonyl (C=O) groups excluding carboxylic acids is 1. The number of pyridine rings is 1. The minimum atomic E-state index is 0.121. The van der Waals surface area contributed by atoms with Gasteiger partial charge in [0.1, 0.15) is 5.76 Å². The molecule has 1 N–H and O–H groups in total. The highest BCUT2D eigenvalue weighted by Gasteiger charge is 2.19. The Morgan fingerprint density at radius 2 is 2.23 bits per heavy atom. The molecule has 0 saturated carbocycles. The second-order valence-electron chi connectivity index (χ2n) is 7.14. The van der Waals surface area contributed by atoms with Gasteiger partial charge in [0, 0.05) is 43.5 Å². The molecule has 6 heteroatoms. The van der Waals surface area contributed by atoms with Crippen LogP contribution in [0.5, 0.6) is 0 Å². The maximum absolute atomic E-state index is 12.3. The predicted octanol–water partition coefficient (Wildman–Crippen LogP) is 2.79. The van der Waals surface area contributed by atoms with Gasteiger partial charge >= 0.3 is 0 Å². The number of carbonyl (C=O) groups is 1. The van der Waals surface area contributed by atoms with Gasteiger partial charge in [-0.25, -0.2) is 0 Å². The van der Waals surface area contributed by atoms with Gasteiger partial charge in [0.15, 0.2) is 0 Å². The van der Waals surface area contributed by atoms with Gasteiger partial charge in [0.25, 0.3) is 0 Å². The van der Waals surface area contributed by atoms with E-state index in [0.717, 1.165) is 55.9 Å². The quantitative estimate of drug-likeness (QED) is 0.862. The van der Waals surface area contributed by atoms with Crippen LogP contribution in [0.1, 0.15) is 48.3 Å². The van der Waals surface area contributed by atoms with E-state index in [1.165, 1.54) is 5.56 Å². The molecule has 0 aromatic carbocycles. The van der Waals surface area contributed by atoms with Crippen LogP contribution in [0.15, 0.2) is 29.0 Å². The first kappa shape index (κ1) is 18.6. The lowest BCUT2D eigenvalue weighted by molar-refractivity contribution is -0.121. The summed E-state index contributed by atoms with van der Waals surface area (Å²) < 4.78 is 5.16.